The minimum atomic E-state index is -0.496. The van der Waals surface area contributed by atoms with Gasteiger partial charge in [-0.15, -0.1) is 0 Å². The maximum atomic E-state index is 12.7. The van der Waals surface area contributed by atoms with E-state index in [0.29, 0.717) is 18.7 Å². The number of hydrogen-bond donors (Lipinski definition) is 1. The molecule has 0 radical (unpaired) electrons. The van der Waals surface area contributed by atoms with Crippen LogP contribution in [0.1, 0.15) is 12.5 Å². The van der Waals surface area contributed by atoms with Gasteiger partial charge in [0.1, 0.15) is 11.5 Å². The summed E-state index contributed by atoms with van der Waals surface area (Å²) in [6.07, 6.45) is 0.0920. The van der Waals surface area contributed by atoms with Gasteiger partial charge in [0.25, 0.3) is 5.91 Å². The van der Waals surface area contributed by atoms with Crippen molar-refractivity contribution in [2.75, 3.05) is 11.4 Å². The number of amides is 1. The summed E-state index contributed by atoms with van der Waals surface area (Å²) in [5, 5.41) is 9.58. The van der Waals surface area contributed by atoms with Crippen LogP contribution in [0.15, 0.2) is 48.5 Å². The first-order chi connectivity index (χ1) is 10.2. The van der Waals surface area contributed by atoms with Crippen LogP contribution in [0, 0.1) is 0 Å². The summed E-state index contributed by atoms with van der Waals surface area (Å²) in [5.41, 5.74) is 1.74. The molecule has 0 saturated heterocycles. The van der Waals surface area contributed by atoms with E-state index < -0.39 is 6.10 Å². The van der Waals surface area contributed by atoms with E-state index in [0.717, 1.165) is 11.3 Å². The molecular formula is C17H17NO3. The molecule has 2 aromatic rings. The SMILES string of the molecule is CCN(C(=O)C1Cc2ccccc2O1)c1cccc(O)c1. The third-order valence-electron chi connectivity index (χ3n) is 3.65. The molecule has 1 aliphatic heterocycles. The maximum absolute atomic E-state index is 12.7. The number of benzene rings is 2. The lowest BCUT2D eigenvalue weighted by Gasteiger charge is -2.24. The van der Waals surface area contributed by atoms with Gasteiger partial charge in [-0.2, -0.15) is 0 Å². The van der Waals surface area contributed by atoms with Crippen molar-refractivity contribution in [3.8, 4) is 11.5 Å². The van der Waals surface area contributed by atoms with E-state index in [4.69, 9.17) is 4.74 Å². The van der Waals surface area contributed by atoms with Crippen molar-refractivity contribution in [2.45, 2.75) is 19.4 Å². The third-order valence-corrected chi connectivity index (χ3v) is 3.65. The summed E-state index contributed by atoms with van der Waals surface area (Å²) >= 11 is 0. The number of anilines is 1. The van der Waals surface area contributed by atoms with E-state index in [1.165, 1.54) is 0 Å². The Morgan fingerprint density at radius 1 is 1.29 bits per heavy atom. The third kappa shape index (κ3) is 2.57. The summed E-state index contributed by atoms with van der Waals surface area (Å²) in [4.78, 5) is 14.3. The molecule has 1 amide bonds. The second kappa shape index (κ2) is 5.48. The van der Waals surface area contributed by atoms with Gasteiger partial charge >= 0.3 is 0 Å². The zero-order valence-electron chi connectivity index (χ0n) is 11.8. The Morgan fingerprint density at radius 3 is 2.81 bits per heavy atom. The Kier molecular flexibility index (Phi) is 3.52. The minimum Gasteiger partial charge on any atom is -0.508 e. The van der Waals surface area contributed by atoms with Crippen molar-refractivity contribution >= 4 is 11.6 Å². The molecule has 0 spiro atoms. The van der Waals surface area contributed by atoms with E-state index in [-0.39, 0.29) is 11.7 Å². The van der Waals surface area contributed by atoms with Crippen molar-refractivity contribution in [1.82, 2.24) is 0 Å². The highest BCUT2D eigenvalue weighted by Crippen LogP contribution is 2.30. The normalized spacial score (nSPS) is 16.1. The van der Waals surface area contributed by atoms with Gasteiger partial charge in [0.2, 0.25) is 0 Å². The lowest BCUT2D eigenvalue weighted by molar-refractivity contribution is -0.124. The van der Waals surface area contributed by atoms with Crippen LogP contribution < -0.4 is 9.64 Å². The number of aromatic hydroxyl groups is 1. The largest absolute Gasteiger partial charge is 0.508 e. The quantitative estimate of drug-likeness (QED) is 0.942. The highest BCUT2D eigenvalue weighted by molar-refractivity contribution is 5.97. The molecule has 1 N–H and O–H groups in total. The highest BCUT2D eigenvalue weighted by atomic mass is 16.5. The summed E-state index contributed by atoms with van der Waals surface area (Å²) in [7, 11) is 0. The average Bonchev–Trinajstić information content (AvgIpc) is 2.92. The Hall–Kier alpha value is -2.49. The number of fused-ring (bicyclic) bond motifs is 1. The maximum Gasteiger partial charge on any atom is 0.268 e. The van der Waals surface area contributed by atoms with Gasteiger partial charge in [-0.25, -0.2) is 0 Å². The van der Waals surface area contributed by atoms with E-state index in [9.17, 15) is 9.90 Å². The molecule has 4 heteroatoms. The number of carbonyl (C=O) groups is 1. The predicted octanol–water partition coefficient (Wildman–Crippen LogP) is 2.75. The van der Waals surface area contributed by atoms with Crippen LogP contribution >= 0.6 is 0 Å². The first kappa shape index (κ1) is 13.5. The number of likely N-dealkylation sites (N-methyl/N-ethyl adjacent to an activating group) is 1. The first-order valence-corrected chi connectivity index (χ1v) is 7.04. The fraction of sp³-hybridized carbons (Fsp3) is 0.235. The molecule has 0 bridgehead atoms. The van der Waals surface area contributed by atoms with E-state index >= 15 is 0 Å². The van der Waals surface area contributed by atoms with Crippen molar-refractivity contribution in [3.05, 3.63) is 54.1 Å². The molecule has 1 heterocycles. The van der Waals surface area contributed by atoms with Crippen LogP contribution in [-0.4, -0.2) is 23.7 Å². The van der Waals surface area contributed by atoms with Gasteiger partial charge in [-0.3, -0.25) is 4.79 Å². The van der Waals surface area contributed by atoms with Crippen molar-refractivity contribution in [1.29, 1.82) is 0 Å². The molecule has 2 aromatic carbocycles. The fourth-order valence-corrected chi connectivity index (χ4v) is 2.62. The van der Waals surface area contributed by atoms with Crippen molar-refractivity contribution < 1.29 is 14.6 Å². The second-order valence-electron chi connectivity index (χ2n) is 5.02. The molecule has 1 atom stereocenters. The van der Waals surface area contributed by atoms with Gasteiger partial charge in [0.15, 0.2) is 6.10 Å². The Balaban J connectivity index is 1.81. The number of rotatable bonds is 3. The lowest BCUT2D eigenvalue weighted by atomic mass is 10.1. The summed E-state index contributed by atoms with van der Waals surface area (Å²) < 4.78 is 5.75. The van der Waals surface area contributed by atoms with Crippen LogP contribution in [0.5, 0.6) is 11.5 Å². The number of nitrogens with zero attached hydrogens (tertiary/aromatic N) is 1. The van der Waals surface area contributed by atoms with Crippen LogP contribution in [-0.2, 0) is 11.2 Å². The van der Waals surface area contributed by atoms with Gasteiger partial charge in [0, 0.05) is 24.7 Å². The van der Waals surface area contributed by atoms with Crippen molar-refractivity contribution in [2.24, 2.45) is 0 Å². The number of phenols is 1. The highest BCUT2D eigenvalue weighted by Gasteiger charge is 2.32. The Morgan fingerprint density at radius 2 is 2.10 bits per heavy atom. The molecular weight excluding hydrogens is 266 g/mol. The lowest BCUT2D eigenvalue weighted by Crippen LogP contribution is -2.41. The monoisotopic (exact) mass is 283 g/mol. The molecule has 3 rings (SSSR count). The number of hydrogen-bond acceptors (Lipinski definition) is 3. The molecule has 0 aromatic heterocycles. The van der Waals surface area contributed by atoms with E-state index in [1.807, 2.05) is 37.3 Å². The summed E-state index contributed by atoms with van der Waals surface area (Å²) in [6, 6.07) is 14.4. The topological polar surface area (TPSA) is 49.8 Å². The molecule has 0 saturated carbocycles. The molecule has 1 unspecified atom stereocenters. The fourth-order valence-electron chi connectivity index (χ4n) is 2.62. The summed E-state index contributed by atoms with van der Waals surface area (Å²) in [6.45, 7) is 2.43. The van der Waals surface area contributed by atoms with E-state index in [2.05, 4.69) is 0 Å². The molecule has 0 aliphatic carbocycles. The molecule has 108 valence electrons. The molecule has 21 heavy (non-hydrogen) atoms. The Labute approximate surface area is 123 Å². The summed E-state index contributed by atoms with van der Waals surface area (Å²) in [5.74, 6) is 0.844. The van der Waals surface area contributed by atoms with Gasteiger partial charge < -0.3 is 14.7 Å². The number of ether oxygens (including phenoxy) is 1. The zero-order chi connectivity index (χ0) is 14.8. The van der Waals surface area contributed by atoms with Crippen LogP contribution in [0.3, 0.4) is 0 Å². The zero-order valence-corrected chi connectivity index (χ0v) is 11.8. The molecule has 1 aliphatic rings. The predicted molar refractivity (Wildman–Crippen MR) is 80.7 cm³/mol. The standard InChI is InChI=1S/C17H17NO3/c1-2-18(13-7-5-8-14(19)11-13)17(20)16-10-12-6-3-4-9-15(12)21-16/h3-9,11,16,19H,2,10H2,1H3. The molecule has 4 nitrogen and oxygen atoms in total. The molecule has 0 fully saturated rings. The second-order valence-corrected chi connectivity index (χ2v) is 5.02. The van der Waals surface area contributed by atoms with Crippen LogP contribution in [0.4, 0.5) is 5.69 Å². The first-order valence-electron chi connectivity index (χ1n) is 7.04. The number of para-hydroxylation sites is 1. The minimum absolute atomic E-state index is 0.0840. The van der Waals surface area contributed by atoms with Gasteiger partial charge in [-0.1, -0.05) is 24.3 Å². The van der Waals surface area contributed by atoms with Crippen LogP contribution in [0.25, 0.3) is 0 Å². The number of phenolic OH excluding ortho intramolecular Hbond substituents is 1. The van der Waals surface area contributed by atoms with Crippen LogP contribution in [0.2, 0.25) is 0 Å². The number of carbonyl (C=O) groups excluding carboxylic acids is 1. The van der Waals surface area contributed by atoms with Crippen molar-refractivity contribution in [3.63, 3.8) is 0 Å². The smallest absolute Gasteiger partial charge is 0.268 e. The van der Waals surface area contributed by atoms with Gasteiger partial charge in [-0.05, 0) is 30.7 Å². The van der Waals surface area contributed by atoms with Gasteiger partial charge in [0.05, 0.1) is 0 Å². The Bertz CT molecular complexity index is 644. The average molecular weight is 283 g/mol. The van der Waals surface area contributed by atoms with E-state index in [1.54, 1.807) is 23.1 Å².